The Labute approximate surface area is 227 Å². The van der Waals surface area contributed by atoms with Gasteiger partial charge < -0.3 is 19.3 Å². The molecular weight excluding hydrogens is 526 g/mol. The summed E-state index contributed by atoms with van der Waals surface area (Å²) >= 11 is 1.03. The van der Waals surface area contributed by atoms with Crippen LogP contribution < -0.4 is 24.4 Å². The number of phenolic OH excluding ortho intramolecular Hbond substituents is 1. The number of fused-ring (bicyclic) bond motifs is 1. The number of methoxy groups -OCH3 is 1. The summed E-state index contributed by atoms with van der Waals surface area (Å²) in [4.78, 5) is 42.6. The molecule has 1 aromatic heterocycles. The van der Waals surface area contributed by atoms with E-state index < -0.39 is 28.6 Å². The minimum atomic E-state index is -0.849. The van der Waals surface area contributed by atoms with E-state index in [0.717, 1.165) is 23.5 Å². The SMILES string of the molecule is CCOc1ccc([C@H]2C(C(=O)OC(C)C)=C(C)N=c3s/c(=C\c4cc([N+](=O)[O-])cc(OC)c4O)c(=O)n32)cc1. The summed E-state index contributed by atoms with van der Waals surface area (Å²) in [6.07, 6.45) is 0.949. The Morgan fingerprint density at radius 1 is 1.28 bits per heavy atom. The average Bonchev–Trinajstić information content (AvgIpc) is 3.18. The van der Waals surface area contributed by atoms with Crippen LogP contribution in [-0.2, 0) is 9.53 Å². The number of carbonyl (C=O) groups is 1. The zero-order valence-corrected chi connectivity index (χ0v) is 22.8. The van der Waals surface area contributed by atoms with Crippen LogP contribution in [0, 0.1) is 10.1 Å². The second-order valence-electron chi connectivity index (χ2n) is 8.88. The van der Waals surface area contributed by atoms with Crippen LogP contribution >= 0.6 is 11.3 Å². The van der Waals surface area contributed by atoms with Crippen molar-refractivity contribution in [2.45, 2.75) is 39.8 Å². The Kier molecular flexibility index (Phi) is 7.86. The van der Waals surface area contributed by atoms with Crippen molar-refractivity contribution in [2.24, 2.45) is 4.99 Å². The number of hydrogen-bond acceptors (Lipinski definition) is 10. The maximum atomic E-state index is 13.8. The largest absolute Gasteiger partial charge is 0.504 e. The van der Waals surface area contributed by atoms with Gasteiger partial charge in [0.15, 0.2) is 16.3 Å². The number of benzene rings is 2. The third-order valence-electron chi connectivity index (χ3n) is 5.90. The lowest BCUT2D eigenvalue weighted by atomic mass is 9.96. The average molecular weight is 554 g/mol. The molecule has 2 heterocycles. The number of phenols is 1. The van der Waals surface area contributed by atoms with E-state index >= 15 is 0 Å². The molecule has 0 radical (unpaired) electrons. The van der Waals surface area contributed by atoms with E-state index in [1.165, 1.54) is 17.8 Å². The smallest absolute Gasteiger partial charge is 0.338 e. The van der Waals surface area contributed by atoms with Crippen molar-refractivity contribution in [2.75, 3.05) is 13.7 Å². The predicted octanol–water partition coefficient (Wildman–Crippen LogP) is 3.21. The quantitative estimate of drug-likeness (QED) is 0.255. The highest BCUT2D eigenvalue weighted by Crippen LogP contribution is 2.35. The number of non-ortho nitro benzene ring substituents is 1. The first-order valence-electron chi connectivity index (χ1n) is 12.1. The predicted molar refractivity (Wildman–Crippen MR) is 144 cm³/mol. The van der Waals surface area contributed by atoms with Gasteiger partial charge in [-0.15, -0.1) is 0 Å². The molecule has 0 amide bonds. The van der Waals surface area contributed by atoms with Gasteiger partial charge in [-0.1, -0.05) is 23.5 Å². The standard InChI is InChI=1S/C27H27N3O8S/c1-6-37-19-9-7-16(8-10-19)23-22(26(33)38-14(2)3)15(4)28-27-29(23)25(32)21(39-27)12-17-11-18(30(34)35)13-20(36-5)24(17)31/h7-14,23,31H,6H2,1-5H3/b21-12-/t23-/m0/s1. The number of hydrogen-bond donors (Lipinski definition) is 1. The highest BCUT2D eigenvalue weighted by Gasteiger charge is 2.34. The molecule has 0 spiro atoms. The van der Waals surface area contributed by atoms with Gasteiger partial charge in [-0.3, -0.25) is 19.5 Å². The third-order valence-corrected chi connectivity index (χ3v) is 6.88. The first kappa shape index (κ1) is 27.6. The molecule has 11 nitrogen and oxygen atoms in total. The molecule has 12 heteroatoms. The van der Waals surface area contributed by atoms with Crippen molar-refractivity contribution < 1.29 is 29.0 Å². The van der Waals surface area contributed by atoms with Crippen molar-refractivity contribution in [1.82, 2.24) is 4.57 Å². The van der Waals surface area contributed by atoms with Crippen LogP contribution in [0.4, 0.5) is 5.69 Å². The van der Waals surface area contributed by atoms with Gasteiger partial charge in [0.05, 0.1) is 52.7 Å². The molecule has 204 valence electrons. The van der Waals surface area contributed by atoms with Gasteiger partial charge in [0.25, 0.3) is 11.2 Å². The van der Waals surface area contributed by atoms with Crippen LogP contribution in [0.3, 0.4) is 0 Å². The normalized spacial score (nSPS) is 15.1. The summed E-state index contributed by atoms with van der Waals surface area (Å²) < 4.78 is 17.6. The third kappa shape index (κ3) is 5.41. The zero-order valence-electron chi connectivity index (χ0n) is 22.0. The number of allylic oxidation sites excluding steroid dienone is 1. The van der Waals surface area contributed by atoms with E-state index in [2.05, 4.69) is 4.99 Å². The summed E-state index contributed by atoms with van der Waals surface area (Å²) in [5.74, 6) is -0.421. The van der Waals surface area contributed by atoms with E-state index in [-0.39, 0.29) is 32.9 Å². The minimum absolute atomic E-state index is 0.0269. The molecule has 4 rings (SSSR count). The maximum Gasteiger partial charge on any atom is 0.338 e. The molecule has 1 aliphatic heterocycles. The van der Waals surface area contributed by atoms with Gasteiger partial charge in [-0.25, -0.2) is 9.79 Å². The highest BCUT2D eigenvalue weighted by molar-refractivity contribution is 7.07. The van der Waals surface area contributed by atoms with Crippen LogP contribution in [0.15, 0.2) is 57.5 Å². The molecule has 0 aliphatic carbocycles. The van der Waals surface area contributed by atoms with E-state index in [4.69, 9.17) is 14.2 Å². The number of carbonyl (C=O) groups excluding carboxylic acids is 1. The van der Waals surface area contributed by atoms with Crippen molar-refractivity contribution >= 4 is 29.1 Å². The summed E-state index contributed by atoms with van der Waals surface area (Å²) in [6.45, 7) is 7.48. The van der Waals surface area contributed by atoms with Crippen LogP contribution in [0.25, 0.3) is 6.08 Å². The first-order valence-corrected chi connectivity index (χ1v) is 12.9. The number of rotatable bonds is 8. The Hall–Kier alpha value is -4.45. The number of aromatic nitrogens is 1. The second kappa shape index (κ2) is 11.1. The number of nitro groups is 1. The zero-order chi connectivity index (χ0) is 28.4. The molecule has 0 fully saturated rings. The molecule has 0 unspecified atom stereocenters. The van der Waals surface area contributed by atoms with Crippen LogP contribution in [0.2, 0.25) is 0 Å². The van der Waals surface area contributed by atoms with E-state index in [0.29, 0.717) is 28.4 Å². The molecule has 0 saturated carbocycles. The number of thiazole rings is 1. The molecule has 0 bridgehead atoms. The summed E-state index contributed by atoms with van der Waals surface area (Å²) in [5, 5.41) is 22.0. The lowest BCUT2D eigenvalue weighted by Crippen LogP contribution is -2.40. The Morgan fingerprint density at radius 2 is 1.97 bits per heavy atom. The lowest BCUT2D eigenvalue weighted by Gasteiger charge is -2.25. The van der Waals surface area contributed by atoms with Gasteiger partial charge in [0.2, 0.25) is 0 Å². The number of nitrogens with zero attached hydrogens (tertiary/aromatic N) is 3. The van der Waals surface area contributed by atoms with Gasteiger partial charge in [-0.2, -0.15) is 0 Å². The molecule has 1 aliphatic rings. The number of esters is 1. The van der Waals surface area contributed by atoms with Gasteiger partial charge in [0.1, 0.15) is 5.75 Å². The summed E-state index contributed by atoms with van der Waals surface area (Å²) in [6, 6.07) is 8.44. The fourth-order valence-electron chi connectivity index (χ4n) is 4.22. The number of ether oxygens (including phenoxy) is 3. The molecule has 2 aromatic carbocycles. The number of aromatic hydroxyl groups is 1. The van der Waals surface area contributed by atoms with E-state index in [9.17, 15) is 24.8 Å². The summed E-state index contributed by atoms with van der Waals surface area (Å²) in [5.41, 5.74) is 0.462. The molecule has 3 aromatic rings. The molecule has 1 N–H and O–H groups in total. The molecule has 39 heavy (non-hydrogen) atoms. The number of nitro benzene ring substituents is 1. The Morgan fingerprint density at radius 3 is 2.56 bits per heavy atom. The van der Waals surface area contributed by atoms with Crippen molar-refractivity contribution in [3.05, 3.63) is 88.6 Å². The fourth-order valence-corrected chi connectivity index (χ4v) is 5.25. The molecule has 0 saturated heterocycles. The topological polar surface area (TPSA) is 142 Å². The molecular formula is C27H27N3O8S. The van der Waals surface area contributed by atoms with Crippen LogP contribution in [0.5, 0.6) is 17.2 Å². The van der Waals surface area contributed by atoms with Crippen molar-refractivity contribution in [1.29, 1.82) is 0 Å². The maximum absolute atomic E-state index is 13.8. The first-order chi connectivity index (χ1) is 18.5. The van der Waals surface area contributed by atoms with Gasteiger partial charge in [0, 0.05) is 11.6 Å². The van der Waals surface area contributed by atoms with E-state index in [1.807, 2.05) is 6.92 Å². The van der Waals surface area contributed by atoms with Crippen molar-refractivity contribution in [3.8, 4) is 17.2 Å². The fraction of sp³-hybridized carbons (Fsp3) is 0.296. The summed E-state index contributed by atoms with van der Waals surface area (Å²) in [7, 11) is 1.27. The van der Waals surface area contributed by atoms with Crippen LogP contribution in [0.1, 0.15) is 44.9 Å². The van der Waals surface area contributed by atoms with Gasteiger partial charge in [-0.05, 0) is 51.5 Å². The van der Waals surface area contributed by atoms with Crippen molar-refractivity contribution in [3.63, 3.8) is 0 Å². The van der Waals surface area contributed by atoms with Gasteiger partial charge >= 0.3 is 5.97 Å². The lowest BCUT2D eigenvalue weighted by molar-refractivity contribution is -0.385. The second-order valence-corrected chi connectivity index (χ2v) is 9.89. The Bertz CT molecular complexity index is 1650. The van der Waals surface area contributed by atoms with E-state index in [1.54, 1.807) is 45.0 Å². The van der Waals surface area contributed by atoms with Crippen LogP contribution in [-0.4, -0.2) is 40.4 Å². The Balaban J connectivity index is 1.95. The monoisotopic (exact) mass is 553 g/mol. The minimum Gasteiger partial charge on any atom is -0.504 e. The highest BCUT2D eigenvalue weighted by atomic mass is 32.1. The molecule has 1 atom stereocenters.